The molecule has 0 heterocycles. The third-order valence-electron chi connectivity index (χ3n) is 1.84. The molecular weight excluding hydrogens is 252 g/mol. The summed E-state index contributed by atoms with van der Waals surface area (Å²) in [5, 5.41) is 2.41. The van der Waals surface area contributed by atoms with Gasteiger partial charge in [-0.1, -0.05) is 12.1 Å². The Bertz CT molecular complexity index is 487. The van der Waals surface area contributed by atoms with Crippen molar-refractivity contribution in [1.29, 1.82) is 0 Å². The molecule has 1 aromatic rings. The predicted octanol–water partition coefficient (Wildman–Crippen LogP) is 0.772. The molecule has 1 amide bonds. The van der Waals surface area contributed by atoms with Gasteiger partial charge in [0.05, 0.1) is 5.69 Å². The van der Waals surface area contributed by atoms with Crippen LogP contribution in [0.3, 0.4) is 0 Å². The molecule has 0 aromatic heterocycles. The third kappa shape index (κ3) is 2.94. The van der Waals surface area contributed by atoms with Crippen molar-refractivity contribution < 1.29 is 13.2 Å². The normalized spacial score (nSPS) is 11.1. The number of amides is 1. The van der Waals surface area contributed by atoms with Gasteiger partial charge in [-0.05, 0) is 19.2 Å². The lowest BCUT2D eigenvalue weighted by Gasteiger charge is -2.09. The summed E-state index contributed by atoms with van der Waals surface area (Å²) in [4.78, 5) is 11.1. The lowest BCUT2D eigenvalue weighted by molar-refractivity contribution is -0.113. The number of benzene rings is 1. The van der Waals surface area contributed by atoms with Crippen LogP contribution in [0.15, 0.2) is 29.2 Å². The maximum Gasteiger partial charge on any atom is 0.242 e. The summed E-state index contributed by atoms with van der Waals surface area (Å²) in [6.45, 7) is 0. The average Bonchev–Trinajstić information content (AvgIpc) is 2.29. The van der Waals surface area contributed by atoms with E-state index in [1.54, 1.807) is 12.1 Å². The van der Waals surface area contributed by atoms with Crippen LogP contribution in [-0.2, 0) is 14.8 Å². The van der Waals surface area contributed by atoms with E-state index < -0.39 is 15.9 Å². The standard InChI is InChI=1S/C9H11ClN2O3S/c1-11-16(14,15)8-5-3-2-4-7(8)12-9(13)6-10/h2-5,11H,6H2,1H3,(H,12,13). The second kappa shape index (κ2) is 5.29. The minimum absolute atomic E-state index is 0.0102. The highest BCUT2D eigenvalue weighted by atomic mass is 35.5. The van der Waals surface area contributed by atoms with Crippen molar-refractivity contribution in [3.05, 3.63) is 24.3 Å². The second-order valence-electron chi connectivity index (χ2n) is 2.89. The summed E-state index contributed by atoms with van der Waals surface area (Å²) in [5.41, 5.74) is 0.211. The van der Waals surface area contributed by atoms with Crippen molar-refractivity contribution in [3.63, 3.8) is 0 Å². The lowest BCUT2D eigenvalue weighted by atomic mass is 10.3. The van der Waals surface area contributed by atoms with Gasteiger partial charge >= 0.3 is 0 Å². The molecule has 0 bridgehead atoms. The van der Waals surface area contributed by atoms with Gasteiger partial charge in [0.25, 0.3) is 0 Å². The maximum atomic E-state index is 11.6. The van der Waals surface area contributed by atoms with Crippen molar-refractivity contribution in [2.24, 2.45) is 0 Å². The molecule has 0 unspecified atom stereocenters. The monoisotopic (exact) mass is 262 g/mol. The second-order valence-corrected chi connectivity index (χ2v) is 5.01. The van der Waals surface area contributed by atoms with Crippen molar-refractivity contribution in [2.45, 2.75) is 4.90 Å². The molecule has 0 aliphatic rings. The number of hydrogen-bond acceptors (Lipinski definition) is 3. The maximum absolute atomic E-state index is 11.6. The molecule has 0 atom stereocenters. The van der Waals surface area contributed by atoms with E-state index in [0.717, 1.165) is 0 Å². The molecule has 0 aliphatic carbocycles. The van der Waals surface area contributed by atoms with Gasteiger partial charge < -0.3 is 5.32 Å². The molecule has 0 saturated heterocycles. The van der Waals surface area contributed by atoms with Gasteiger partial charge in [0, 0.05) is 0 Å². The van der Waals surface area contributed by atoms with Crippen LogP contribution >= 0.6 is 11.6 Å². The van der Waals surface area contributed by atoms with Gasteiger partial charge in [-0.2, -0.15) is 0 Å². The molecule has 0 spiro atoms. The van der Waals surface area contributed by atoms with Crippen molar-refractivity contribution in [3.8, 4) is 0 Å². The molecule has 88 valence electrons. The highest BCUT2D eigenvalue weighted by Gasteiger charge is 2.16. The molecule has 7 heteroatoms. The Morgan fingerprint density at radius 3 is 2.56 bits per heavy atom. The quantitative estimate of drug-likeness (QED) is 0.787. The molecule has 2 N–H and O–H groups in total. The number of nitrogens with one attached hydrogen (secondary N) is 2. The molecule has 1 rings (SSSR count). The van der Waals surface area contributed by atoms with Gasteiger partial charge in [0.15, 0.2) is 0 Å². The van der Waals surface area contributed by atoms with Crippen LogP contribution in [0.4, 0.5) is 5.69 Å². The van der Waals surface area contributed by atoms with Gasteiger partial charge in [-0.15, -0.1) is 11.6 Å². The molecule has 0 fully saturated rings. The fourth-order valence-corrected chi connectivity index (χ4v) is 2.05. The summed E-state index contributed by atoms with van der Waals surface area (Å²) in [7, 11) is -2.29. The van der Waals surface area contributed by atoms with E-state index in [-0.39, 0.29) is 16.5 Å². The van der Waals surface area contributed by atoms with Crippen LogP contribution in [0, 0.1) is 0 Å². The SMILES string of the molecule is CNS(=O)(=O)c1ccccc1NC(=O)CCl. The van der Waals surface area contributed by atoms with E-state index >= 15 is 0 Å². The smallest absolute Gasteiger partial charge is 0.242 e. The molecule has 0 radical (unpaired) electrons. The van der Waals surface area contributed by atoms with Gasteiger partial charge in [0.2, 0.25) is 15.9 Å². The highest BCUT2D eigenvalue weighted by molar-refractivity contribution is 7.89. The molecule has 0 aliphatic heterocycles. The van der Waals surface area contributed by atoms with Crippen molar-refractivity contribution in [1.82, 2.24) is 4.72 Å². The number of anilines is 1. The molecule has 0 saturated carbocycles. The van der Waals surface area contributed by atoms with E-state index in [4.69, 9.17) is 11.6 Å². The molecule has 1 aromatic carbocycles. The third-order valence-corrected chi connectivity index (χ3v) is 3.56. The predicted molar refractivity (Wildman–Crippen MR) is 62.0 cm³/mol. The van der Waals surface area contributed by atoms with Crippen LogP contribution in [0.2, 0.25) is 0 Å². The lowest BCUT2D eigenvalue weighted by Crippen LogP contribution is -2.22. The Morgan fingerprint density at radius 1 is 1.38 bits per heavy atom. The van der Waals surface area contributed by atoms with E-state index in [0.29, 0.717) is 0 Å². The highest BCUT2D eigenvalue weighted by Crippen LogP contribution is 2.20. The van der Waals surface area contributed by atoms with Gasteiger partial charge in [-0.25, -0.2) is 13.1 Å². The minimum Gasteiger partial charge on any atom is -0.324 e. The van der Waals surface area contributed by atoms with Crippen molar-refractivity contribution >= 4 is 33.2 Å². The first kappa shape index (κ1) is 13.0. The zero-order chi connectivity index (χ0) is 12.2. The largest absolute Gasteiger partial charge is 0.324 e. The van der Waals surface area contributed by atoms with Crippen molar-refractivity contribution in [2.75, 3.05) is 18.2 Å². The Labute approximate surface area is 98.9 Å². The number of halogens is 1. The van der Waals surface area contributed by atoms with E-state index in [1.807, 2.05) is 0 Å². The summed E-state index contributed by atoms with van der Waals surface area (Å²) in [6, 6.07) is 6.09. The Morgan fingerprint density at radius 2 is 2.00 bits per heavy atom. The summed E-state index contributed by atoms with van der Waals surface area (Å²) >= 11 is 5.33. The number of para-hydroxylation sites is 1. The van der Waals surface area contributed by atoms with E-state index in [1.165, 1.54) is 19.2 Å². The average molecular weight is 263 g/mol. The topological polar surface area (TPSA) is 75.3 Å². The Balaban J connectivity index is 3.16. The Kier molecular flexibility index (Phi) is 4.28. The zero-order valence-corrected chi connectivity index (χ0v) is 10.1. The number of hydrogen-bond donors (Lipinski definition) is 2. The molecule has 5 nitrogen and oxygen atoms in total. The minimum atomic E-state index is -3.59. The van der Waals surface area contributed by atoms with Crippen LogP contribution in [0.1, 0.15) is 0 Å². The number of alkyl halides is 1. The first-order valence-electron chi connectivity index (χ1n) is 4.39. The number of sulfonamides is 1. The van der Waals surface area contributed by atoms with Crippen LogP contribution in [0.25, 0.3) is 0 Å². The number of carbonyl (C=O) groups excluding carboxylic acids is 1. The van der Waals surface area contributed by atoms with Gasteiger partial charge in [0.1, 0.15) is 10.8 Å². The zero-order valence-electron chi connectivity index (χ0n) is 8.53. The Hall–Kier alpha value is -1.11. The summed E-state index contributed by atoms with van der Waals surface area (Å²) < 4.78 is 25.4. The summed E-state index contributed by atoms with van der Waals surface area (Å²) in [6.07, 6.45) is 0. The fourth-order valence-electron chi connectivity index (χ4n) is 1.10. The first-order chi connectivity index (χ1) is 7.51. The number of rotatable bonds is 4. The van der Waals surface area contributed by atoms with E-state index in [2.05, 4.69) is 10.0 Å². The van der Waals surface area contributed by atoms with E-state index in [9.17, 15) is 13.2 Å². The van der Waals surface area contributed by atoms with Crippen LogP contribution in [-0.4, -0.2) is 27.3 Å². The van der Waals surface area contributed by atoms with Gasteiger partial charge in [-0.3, -0.25) is 4.79 Å². The van der Waals surface area contributed by atoms with Crippen LogP contribution < -0.4 is 10.0 Å². The molecule has 16 heavy (non-hydrogen) atoms. The number of carbonyl (C=O) groups is 1. The molecular formula is C9H11ClN2O3S. The van der Waals surface area contributed by atoms with Crippen LogP contribution in [0.5, 0.6) is 0 Å². The summed E-state index contributed by atoms with van der Waals surface area (Å²) in [5.74, 6) is -0.686. The first-order valence-corrected chi connectivity index (χ1v) is 6.41. The fraction of sp³-hybridized carbons (Fsp3) is 0.222.